The topological polar surface area (TPSA) is 85.1 Å². The van der Waals surface area contributed by atoms with Crippen LogP contribution in [0.5, 0.6) is 0 Å². The Morgan fingerprint density at radius 1 is 1.58 bits per heavy atom. The van der Waals surface area contributed by atoms with Crippen molar-refractivity contribution >= 4 is 39.2 Å². The van der Waals surface area contributed by atoms with Crippen molar-refractivity contribution in [2.24, 2.45) is 0 Å². The van der Waals surface area contributed by atoms with E-state index < -0.39 is 10.0 Å². The largest absolute Gasteiger partial charge is 0.382 e. The molecule has 0 aliphatic carbocycles. The molecule has 0 aromatic carbocycles. The van der Waals surface area contributed by atoms with E-state index in [0.29, 0.717) is 0 Å². The van der Waals surface area contributed by atoms with Gasteiger partial charge in [0.1, 0.15) is 10.7 Å². The molecule has 0 fully saturated rings. The maximum Gasteiger partial charge on any atom is 0.242 e. The molecular weight excluding hydrogens is 306 g/mol. The lowest BCUT2D eigenvalue weighted by atomic mass is 10.3. The molecule has 108 valence electrons. The predicted octanol–water partition coefficient (Wildman–Crippen LogP) is 2.13. The third kappa shape index (κ3) is 5.18. The number of halogens is 1. The third-order valence-corrected chi connectivity index (χ3v) is 5.20. The molecule has 0 spiro atoms. The number of anilines is 1. The van der Waals surface area contributed by atoms with Crippen molar-refractivity contribution in [3.8, 4) is 0 Å². The number of hydrogen-bond acceptors (Lipinski definition) is 5. The molecule has 0 aliphatic rings. The van der Waals surface area contributed by atoms with E-state index in [0.717, 1.165) is 17.9 Å². The van der Waals surface area contributed by atoms with Crippen molar-refractivity contribution in [1.29, 1.82) is 0 Å². The second kappa shape index (κ2) is 7.33. The first kappa shape index (κ1) is 16.6. The van der Waals surface area contributed by atoms with Crippen molar-refractivity contribution < 1.29 is 8.42 Å². The van der Waals surface area contributed by atoms with E-state index in [1.165, 1.54) is 12.3 Å². The summed E-state index contributed by atoms with van der Waals surface area (Å²) in [5.74, 6) is 2.06. The number of nitrogens with one attached hydrogen (secondary N) is 1. The zero-order chi connectivity index (χ0) is 14.5. The average molecular weight is 324 g/mol. The van der Waals surface area contributed by atoms with Crippen LogP contribution in [0.15, 0.2) is 17.2 Å². The highest BCUT2D eigenvalue weighted by atomic mass is 35.5. The highest BCUT2D eigenvalue weighted by molar-refractivity contribution is 7.99. The van der Waals surface area contributed by atoms with E-state index in [2.05, 4.69) is 16.6 Å². The quantitative estimate of drug-likeness (QED) is 0.751. The number of pyridine rings is 1. The molecule has 8 heteroatoms. The maximum absolute atomic E-state index is 12.1. The molecule has 0 saturated heterocycles. The minimum Gasteiger partial charge on any atom is -0.382 e. The Morgan fingerprint density at radius 3 is 2.84 bits per heavy atom. The SMILES string of the molecule is CCSCCC(C)NS(=O)(=O)c1cnc(N)c(Cl)c1. The second-order valence-electron chi connectivity index (χ2n) is 4.05. The van der Waals surface area contributed by atoms with Crippen LogP contribution in [0.3, 0.4) is 0 Å². The maximum atomic E-state index is 12.1. The molecule has 19 heavy (non-hydrogen) atoms. The third-order valence-electron chi connectivity index (χ3n) is 2.41. The monoisotopic (exact) mass is 323 g/mol. The van der Waals surface area contributed by atoms with Crippen LogP contribution in [0.1, 0.15) is 20.3 Å². The number of nitrogens with zero attached hydrogens (tertiary/aromatic N) is 1. The first-order valence-electron chi connectivity index (χ1n) is 5.88. The summed E-state index contributed by atoms with van der Waals surface area (Å²) in [5.41, 5.74) is 5.45. The van der Waals surface area contributed by atoms with Gasteiger partial charge in [-0.15, -0.1) is 0 Å². The molecule has 0 radical (unpaired) electrons. The Balaban J connectivity index is 2.72. The van der Waals surface area contributed by atoms with Crippen LogP contribution in [0, 0.1) is 0 Å². The minimum atomic E-state index is -3.60. The molecule has 0 amide bonds. The van der Waals surface area contributed by atoms with Gasteiger partial charge in [-0.25, -0.2) is 18.1 Å². The van der Waals surface area contributed by atoms with Gasteiger partial charge in [-0.1, -0.05) is 18.5 Å². The molecule has 5 nitrogen and oxygen atoms in total. The molecule has 1 aromatic heterocycles. The van der Waals surface area contributed by atoms with Crippen LogP contribution in [0.4, 0.5) is 5.82 Å². The van der Waals surface area contributed by atoms with Gasteiger partial charge in [0.15, 0.2) is 0 Å². The van der Waals surface area contributed by atoms with Crippen LogP contribution in [-0.4, -0.2) is 30.9 Å². The first-order chi connectivity index (χ1) is 8.86. The van der Waals surface area contributed by atoms with Crippen LogP contribution < -0.4 is 10.5 Å². The molecular formula is C11H18ClN3O2S2. The van der Waals surface area contributed by atoms with Gasteiger partial charge < -0.3 is 5.73 Å². The van der Waals surface area contributed by atoms with Gasteiger partial charge in [-0.05, 0) is 30.9 Å². The summed E-state index contributed by atoms with van der Waals surface area (Å²) in [5, 5.41) is 0.136. The molecule has 1 unspecified atom stereocenters. The minimum absolute atomic E-state index is 0.0293. The Morgan fingerprint density at radius 2 is 2.26 bits per heavy atom. The zero-order valence-electron chi connectivity index (χ0n) is 10.9. The molecule has 3 N–H and O–H groups in total. The van der Waals surface area contributed by atoms with Crippen molar-refractivity contribution in [3.05, 3.63) is 17.3 Å². The molecule has 1 atom stereocenters. The zero-order valence-corrected chi connectivity index (χ0v) is 13.3. The van der Waals surface area contributed by atoms with Gasteiger partial charge >= 0.3 is 0 Å². The average Bonchev–Trinajstić information content (AvgIpc) is 2.32. The molecule has 1 aromatic rings. The molecule has 1 rings (SSSR count). The lowest BCUT2D eigenvalue weighted by molar-refractivity contribution is 0.556. The van der Waals surface area contributed by atoms with Crippen LogP contribution in [-0.2, 0) is 10.0 Å². The van der Waals surface area contributed by atoms with Gasteiger partial charge in [-0.2, -0.15) is 11.8 Å². The van der Waals surface area contributed by atoms with Crippen molar-refractivity contribution in [2.75, 3.05) is 17.2 Å². The van der Waals surface area contributed by atoms with E-state index in [1.807, 2.05) is 6.92 Å². The molecule has 0 bridgehead atoms. The van der Waals surface area contributed by atoms with E-state index in [-0.39, 0.29) is 21.8 Å². The molecule has 0 aliphatic heterocycles. The van der Waals surface area contributed by atoms with Crippen LogP contribution in [0.2, 0.25) is 5.02 Å². The molecule has 1 heterocycles. The number of hydrogen-bond donors (Lipinski definition) is 2. The Bertz CT molecular complexity index is 523. The number of nitrogen functional groups attached to an aromatic ring is 1. The van der Waals surface area contributed by atoms with E-state index in [1.54, 1.807) is 11.8 Å². The van der Waals surface area contributed by atoms with Gasteiger partial charge in [0.2, 0.25) is 10.0 Å². The smallest absolute Gasteiger partial charge is 0.242 e. The highest BCUT2D eigenvalue weighted by Crippen LogP contribution is 2.20. The van der Waals surface area contributed by atoms with Crippen LogP contribution in [0.25, 0.3) is 0 Å². The summed E-state index contributed by atoms with van der Waals surface area (Å²) in [7, 11) is -3.60. The van der Waals surface area contributed by atoms with E-state index in [4.69, 9.17) is 17.3 Å². The Kier molecular flexibility index (Phi) is 6.38. The lowest BCUT2D eigenvalue weighted by Crippen LogP contribution is -2.33. The Labute approximate surface area is 123 Å². The van der Waals surface area contributed by atoms with Gasteiger partial charge in [0.05, 0.1) is 5.02 Å². The number of rotatable bonds is 7. The number of nitrogens with two attached hydrogens (primary N) is 1. The standard InChI is InChI=1S/C11H18ClN3O2S2/c1-3-18-5-4-8(2)15-19(16,17)9-6-10(12)11(13)14-7-9/h6-8,15H,3-5H2,1-2H3,(H2,13,14). The summed E-state index contributed by atoms with van der Waals surface area (Å²) in [4.78, 5) is 3.78. The lowest BCUT2D eigenvalue weighted by Gasteiger charge is -2.14. The van der Waals surface area contributed by atoms with Gasteiger partial charge in [0, 0.05) is 12.2 Å². The normalized spacial score (nSPS) is 13.4. The summed E-state index contributed by atoms with van der Waals surface area (Å²) < 4.78 is 26.8. The van der Waals surface area contributed by atoms with Crippen LogP contribution >= 0.6 is 23.4 Å². The fourth-order valence-corrected chi connectivity index (χ4v) is 3.66. The van der Waals surface area contributed by atoms with Crippen molar-refractivity contribution in [3.63, 3.8) is 0 Å². The summed E-state index contributed by atoms with van der Waals surface area (Å²) in [6, 6.07) is 1.17. The van der Waals surface area contributed by atoms with Gasteiger partial charge in [-0.3, -0.25) is 0 Å². The highest BCUT2D eigenvalue weighted by Gasteiger charge is 2.18. The predicted molar refractivity (Wildman–Crippen MR) is 81.1 cm³/mol. The fraction of sp³-hybridized carbons (Fsp3) is 0.545. The number of aromatic nitrogens is 1. The summed E-state index contributed by atoms with van der Waals surface area (Å²) in [6.45, 7) is 3.90. The van der Waals surface area contributed by atoms with Gasteiger partial charge in [0.25, 0.3) is 0 Å². The first-order valence-corrected chi connectivity index (χ1v) is 8.89. The summed E-state index contributed by atoms with van der Waals surface area (Å²) in [6.07, 6.45) is 1.98. The van der Waals surface area contributed by atoms with Crippen molar-refractivity contribution in [2.45, 2.75) is 31.2 Å². The summed E-state index contributed by atoms with van der Waals surface area (Å²) >= 11 is 7.55. The second-order valence-corrected chi connectivity index (χ2v) is 7.56. The number of thioether (sulfide) groups is 1. The van der Waals surface area contributed by atoms with E-state index in [9.17, 15) is 8.42 Å². The van der Waals surface area contributed by atoms with Crippen molar-refractivity contribution in [1.82, 2.24) is 9.71 Å². The fourth-order valence-electron chi connectivity index (χ4n) is 1.37. The number of sulfonamides is 1. The Hall–Kier alpha value is -0.500. The molecule has 0 saturated carbocycles. The van der Waals surface area contributed by atoms with E-state index >= 15 is 0 Å².